The SMILES string of the molecule is Fc1cc(Br)cc(CNCC2CCCCS2)c1. The number of hydrogen-bond acceptors (Lipinski definition) is 2. The second kappa shape index (κ2) is 6.76. The quantitative estimate of drug-likeness (QED) is 0.902. The molecule has 1 saturated heterocycles. The van der Waals surface area contributed by atoms with Crippen LogP contribution in [-0.4, -0.2) is 17.5 Å². The average Bonchev–Trinajstić information content (AvgIpc) is 2.29. The van der Waals surface area contributed by atoms with Crippen LogP contribution in [0.1, 0.15) is 24.8 Å². The van der Waals surface area contributed by atoms with Crippen LogP contribution in [0.5, 0.6) is 0 Å². The highest BCUT2D eigenvalue weighted by atomic mass is 79.9. The number of thioether (sulfide) groups is 1. The molecular weight excluding hydrogens is 301 g/mol. The second-order valence-corrected chi connectivity index (χ2v) is 6.72. The molecule has 17 heavy (non-hydrogen) atoms. The summed E-state index contributed by atoms with van der Waals surface area (Å²) in [5, 5.41) is 4.15. The molecule has 2 rings (SSSR count). The Bertz CT molecular complexity index is 346. The Balaban J connectivity index is 1.77. The Kier molecular flexibility index (Phi) is 5.32. The van der Waals surface area contributed by atoms with Gasteiger partial charge >= 0.3 is 0 Å². The van der Waals surface area contributed by atoms with Crippen LogP contribution in [0.3, 0.4) is 0 Å². The van der Waals surface area contributed by atoms with Gasteiger partial charge in [-0.05, 0) is 42.4 Å². The topological polar surface area (TPSA) is 12.0 Å². The first kappa shape index (κ1) is 13.4. The van der Waals surface area contributed by atoms with Gasteiger partial charge in [-0.1, -0.05) is 22.4 Å². The number of rotatable bonds is 4. The fraction of sp³-hybridized carbons (Fsp3) is 0.538. The van der Waals surface area contributed by atoms with E-state index in [1.54, 1.807) is 6.07 Å². The molecule has 1 fully saturated rings. The monoisotopic (exact) mass is 317 g/mol. The molecule has 4 heteroatoms. The van der Waals surface area contributed by atoms with Gasteiger partial charge in [0.1, 0.15) is 5.82 Å². The zero-order chi connectivity index (χ0) is 12.1. The molecule has 1 aliphatic heterocycles. The lowest BCUT2D eigenvalue weighted by atomic mass is 10.2. The molecule has 1 aliphatic rings. The highest BCUT2D eigenvalue weighted by Crippen LogP contribution is 2.24. The molecule has 1 atom stereocenters. The summed E-state index contributed by atoms with van der Waals surface area (Å²) >= 11 is 5.37. The fourth-order valence-corrected chi connectivity index (χ4v) is 3.84. The zero-order valence-electron chi connectivity index (χ0n) is 9.72. The van der Waals surface area contributed by atoms with Gasteiger partial charge in [-0.3, -0.25) is 0 Å². The van der Waals surface area contributed by atoms with Crippen LogP contribution >= 0.6 is 27.7 Å². The predicted octanol–water partition coefficient (Wildman–Crippen LogP) is 3.96. The standard InChI is InChI=1S/C13H17BrFNS/c14-11-5-10(6-12(15)7-11)8-16-9-13-3-1-2-4-17-13/h5-7,13,16H,1-4,8-9H2. The number of halogens is 2. The van der Waals surface area contributed by atoms with Gasteiger partial charge < -0.3 is 5.32 Å². The first-order chi connectivity index (χ1) is 8.24. The van der Waals surface area contributed by atoms with E-state index < -0.39 is 0 Å². The summed E-state index contributed by atoms with van der Waals surface area (Å²) in [6.07, 6.45) is 4.02. The molecule has 0 bridgehead atoms. The van der Waals surface area contributed by atoms with Crippen molar-refractivity contribution in [2.75, 3.05) is 12.3 Å². The smallest absolute Gasteiger partial charge is 0.124 e. The van der Waals surface area contributed by atoms with Gasteiger partial charge in [0.25, 0.3) is 0 Å². The maximum Gasteiger partial charge on any atom is 0.124 e. The molecule has 0 spiro atoms. The van der Waals surface area contributed by atoms with Gasteiger partial charge in [0.2, 0.25) is 0 Å². The van der Waals surface area contributed by atoms with E-state index in [2.05, 4.69) is 33.0 Å². The van der Waals surface area contributed by atoms with Crippen molar-refractivity contribution in [3.8, 4) is 0 Å². The Morgan fingerprint density at radius 1 is 1.35 bits per heavy atom. The first-order valence-electron chi connectivity index (χ1n) is 6.01. The Morgan fingerprint density at radius 2 is 2.24 bits per heavy atom. The summed E-state index contributed by atoms with van der Waals surface area (Å²) < 4.78 is 14.0. The van der Waals surface area contributed by atoms with Crippen molar-refractivity contribution in [2.24, 2.45) is 0 Å². The number of hydrogen-bond donors (Lipinski definition) is 1. The highest BCUT2D eigenvalue weighted by molar-refractivity contribution is 9.10. The van der Waals surface area contributed by atoms with E-state index in [-0.39, 0.29) is 5.82 Å². The molecule has 0 saturated carbocycles. The van der Waals surface area contributed by atoms with Crippen molar-refractivity contribution in [3.05, 3.63) is 34.1 Å². The third-order valence-electron chi connectivity index (χ3n) is 2.90. The maximum atomic E-state index is 13.1. The largest absolute Gasteiger partial charge is 0.312 e. The molecule has 1 aromatic rings. The van der Waals surface area contributed by atoms with E-state index in [4.69, 9.17) is 0 Å². The van der Waals surface area contributed by atoms with Crippen molar-refractivity contribution in [1.82, 2.24) is 5.32 Å². The van der Waals surface area contributed by atoms with Crippen molar-refractivity contribution in [1.29, 1.82) is 0 Å². The summed E-state index contributed by atoms with van der Waals surface area (Å²) in [4.78, 5) is 0. The fourth-order valence-electron chi connectivity index (χ4n) is 2.06. The van der Waals surface area contributed by atoms with Crippen molar-refractivity contribution < 1.29 is 4.39 Å². The first-order valence-corrected chi connectivity index (χ1v) is 7.85. The van der Waals surface area contributed by atoms with Crippen LogP contribution in [0.25, 0.3) is 0 Å². The molecular formula is C13H17BrFNS. The van der Waals surface area contributed by atoms with Gasteiger partial charge in [-0.15, -0.1) is 0 Å². The third kappa shape index (κ3) is 4.60. The lowest BCUT2D eigenvalue weighted by Gasteiger charge is -2.21. The van der Waals surface area contributed by atoms with Crippen LogP contribution in [0.2, 0.25) is 0 Å². The molecule has 0 aliphatic carbocycles. The molecule has 1 aromatic carbocycles. The molecule has 1 unspecified atom stereocenters. The summed E-state index contributed by atoms with van der Waals surface area (Å²) in [6, 6.07) is 5.04. The summed E-state index contributed by atoms with van der Waals surface area (Å²) in [6.45, 7) is 1.77. The van der Waals surface area contributed by atoms with Crippen LogP contribution in [-0.2, 0) is 6.54 Å². The van der Waals surface area contributed by atoms with Crippen LogP contribution in [0, 0.1) is 5.82 Å². The van der Waals surface area contributed by atoms with E-state index in [0.29, 0.717) is 0 Å². The molecule has 1 nitrogen and oxygen atoms in total. The minimum atomic E-state index is -0.178. The Labute approximate surface area is 115 Å². The van der Waals surface area contributed by atoms with E-state index in [1.807, 2.05) is 6.07 Å². The van der Waals surface area contributed by atoms with E-state index in [0.717, 1.165) is 28.4 Å². The van der Waals surface area contributed by atoms with Gasteiger partial charge in [0, 0.05) is 22.8 Å². The van der Waals surface area contributed by atoms with E-state index in [9.17, 15) is 4.39 Å². The van der Waals surface area contributed by atoms with Gasteiger partial charge in [-0.2, -0.15) is 11.8 Å². The van der Waals surface area contributed by atoms with E-state index in [1.165, 1.54) is 31.1 Å². The van der Waals surface area contributed by atoms with Crippen molar-refractivity contribution in [2.45, 2.75) is 31.1 Å². The zero-order valence-corrected chi connectivity index (χ0v) is 12.1. The lowest BCUT2D eigenvalue weighted by molar-refractivity contribution is 0.592. The highest BCUT2D eigenvalue weighted by Gasteiger charge is 2.12. The Morgan fingerprint density at radius 3 is 2.94 bits per heavy atom. The minimum absolute atomic E-state index is 0.178. The molecule has 0 radical (unpaired) electrons. The molecule has 1 heterocycles. The summed E-state index contributed by atoms with van der Waals surface area (Å²) in [5.41, 5.74) is 0.998. The minimum Gasteiger partial charge on any atom is -0.312 e. The normalized spacial score (nSPS) is 20.5. The third-order valence-corrected chi connectivity index (χ3v) is 4.75. The molecule has 94 valence electrons. The lowest BCUT2D eigenvalue weighted by Crippen LogP contribution is -2.26. The molecule has 0 aromatic heterocycles. The molecule has 1 N–H and O–H groups in total. The second-order valence-electron chi connectivity index (χ2n) is 4.40. The van der Waals surface area contributed by atoms with Crippen molar-refractivity contribution >= 4 is 27.7 Å². The van der Waals surface area contributed by atoms with Crippen molar-refractivity contribution in [3.63, 3.8) is 0 Å². The summed E-state index contributed by atoms with van der Waals surface area (Å²) in [7, 11) is 0. The van der Waals surface area contributed by atoms with Crippen LogP contribution in [0.15, 0.2) is 22.7 Å². The number of benzene rings is 1. The Hall–Kier alpha value is -0.0600. The summed E-state index contributed by atoms with van der Waals surface area (Å²) in [5.74, 6) is 1.11. The van der Waals surface area contributed by atoms with Gasteiger partial charge in [-0.25, -0.2) is 4.39 Å². The average molecular weight is 318 g/mol. The maximum absolute atomic E-state index is 13.1. The van der Waals surface area contributed by atoms with E-state index >= 15 is 0 Å². The van der Waals surface area contributed by atoms with Gasteiger partial charge in [0.05, 0.1) is 0 Å². The molecule has 0 amide bonds. The van der Waals surface area contributed by atoms with Crippen LogP contribution < -0.4 is 5.32 Å². The van der Waals surface area contributed by atoms with Gasteiger partial charge in [0.15, 0.2) is 0 Å². The predicted molar refractivity (Wildman–Crippen MR) is 75.9 cm³/mol. The number of nitrogens with one attached hydrogen (secondary N) is 1. The van der Waals surface area contributed by atoms with Crippen LogP contribution in [0.4, 0.5) is 4.39 Å².